The van der Waals surface area contributed by atoms with Gasteiger partial charge in [0.15, 0.2) is 17.3 Å². The quantitative estimate of drug-likeness (QED) is 0.0315. The van der Waals surface area contributed by atoms with Crippen LogP contribution in [0.4, 0.5) is 0 Å². The van der Waals surface area contributed by atoms with E-state index in [1.165, 1.54) is 18.2 Å². The van der Waals surface area contributed by atoms with Gasteiger partial charge in [-0.25, -0.2) is 0 Å². The van der Waals surface area contributed by atoms with Gasteiger partial charge in [-0.2, -0.15) is 0 Å². The van der Waals surface area contributed by atoms with Crippen molar-refractivity contribution in [3.8, 4) is 46.0 Å². The summed E-state index contributed by atoms with van der Waals surface area (Å²) in [6.07, 6.45) is 4.10. The normalized spacial score (nSPS) is 12.0. The third kappa shape index (κ3) is 18.0. The molecule has 1 unspecified atom stereocenters. The second-order valence-corrected chi connectivity index (χ2v) is 18.1. The van der Waals surface area contributed by atoms with Crippen LogP contribution in [0.1, 0.15) is 122 Å². The highest BCUT2D eigenvalue weighted by molar-refractivity contribution is 6.05. The molecule has 8 N–H and O–H groups in total. The van der Waals surface area contributed by atoms with E-state index in [0.717, 1.165) is 16.7 Å². The molecule has 6 rings (SSSR count). The monoisotopic (exact) mass is 1020 g/mol. The summed E-state index contributed by atoms with van der Waals surface area (Å²) in [4.78, 5) is 49.6. The molecule has 0 radical (unpaired) electrons. The van der Waals surface area contributed by atoms with Gasteiger partial charge in [-0.15, -0.1) is 0 Å². The lowest BCUT2D eigenvalue weighted by Crippen LogP contribution is -2.10. The highest BCUT2D eigenvalue weighted by Gasteiger charge is 2.17. The van der Waals surface area contributed by atoms with Crippen LogP contribution in [0, 0.1) is 20.8 Å². The Balaban J connectivity index is 0.000000244. The van der Waals surface area contributed by atoms with Crippen molar-refractivity contribution in [1.29, 1.82) is 0 Å². The Labute approximate surface area is 439 Å². The number of nitrogens with zero attached hydrogens (tertiary/aromatic N) is 3. The summed E-state index contributed by atoms with van der Waals surface area (Å²) >= 11 is 0. The van der Waals surface area contributed by atoms with E-state index in [4.69, 9.17) is 0 Å². The molecule has 0 saturated heterocycles. The fourth-order valence-corrected chi connectivity index (χ4v) is 7.92. The Morgan fingerprint density at radius 2 is 0.813 bits per heavy atom. The van der Waals surface area contributed by atoms with Crippen molar-refractivity contribution in [2.45, 2.75) is 106 Å². The summed E-state index contributed by atoms with van der Waals surface area (Å²) in [6, 6.07) is 33.1. The highest BCUT2D eigenvalue weighted by atomic mass is 16.3. The van der Waals surface area contributed by atoms with Crippen LogP contribution in [0.15, 0.2) is 130 Å². The van der Waals surface area contributed by atoms with Crippen LogP contribution in [-0.4, -0.2) is 95.0 Å². The van der Waals surface area contributed by atoms with Gasteiger partial charge in [-0.1, -0.05) is 82.3 Å². The summed E-state index contributed by atoms with van der Waals surface area (Å²) in [5, 5.41) is 78.4. The molecule has 1 atom stereocenters. The van der Waals surface area contributed by atoms with E-state index in [2.05, 4.69) is 15.0 Å². The van der Waals surface area contributed by atoms with E-state index in [9.17, 15) is 55.2 Å². The standard InChI is InChI=1S/C21H25NO4.C20H23NO4.C20H23NO3/c1-4-19(18-8-9-20(25)14(3)21(18)26)22-12-17(24)10-13(2)15-6-5-7-16(23)11-15;1-3-18(17-9-10-19(24)13(2)20(17)25)21-12-16(23)8-7-14-5-4-6-15(22)11-14;1-3-18(17-11-12-19(23)14(2)20(17)24)21-13-16(22)10-9-15-7-5-4-6-8-15/h5-9,11,13,23,25-26H,4,10,12H2,1-3H3;4-6,9-11,22,24-25H,3,7-8,12H2,1-2H3;4-8,11-12,23-24H,3,9-10,13H2,1-2H3. The predicted molar refractivity (Wildman–Crippen MR) is 296 cm³/mol. The van der Waals surface area contributed by atoms with Crippen LogP contribution in [0.25, 0.3) is 0 Å². The van der Waals surface area contributed by atoms with Crippen LogP contribution < -0.4 is 0 Å². The number of aromatic hydroxyl groups is 8. The zero-order valence-electron chi connectivity index (χ0n) is 44.0. The maximum Gasteiger partial charge on any atom is 0.154 e. The average Bonchev–Trinajstić information content (AvgIpc) is 3.40. The minimum Gasteiger partial charge on any atom is -0.508 e. The lowest BCUT2D eigenvalue weighted by atomic mass is 9.95. The van der Waals surface area contributed by atoms with Gasteiger partial charge in [0.2, 0.25) is 0 Å². The molecule has 0 spiro atoms. The first-order chi connectivity index (χ1) is 35.8. The number of hydrogen-bond acceptors (Lipinski definition) is 14. The molecule has 0 aliphatic carbocycles. The van der Waals surface area contributed by atoms with Crippen molar-refractivity contribution in [1.82, 2.24) is 0 Å². The third-order valence-corrected chi connectivity index (χ3v) is 12.6. The molecule has 75 heavy (non-hydrogen) atoms. The number of benzene rings is 6. The topological polar surface area (TPSA) is 250 Å². The number of Topliss-reactive ketones (excluding diaryl/α,β-unsaturated/α-hetero) is 3. The zero-order chi connectivity index (χ0) is 55.2. The maximum atomic E-state index is 12.3. The summed E-state index contributed by atoms with van der Waals surface area (Å²) < 4.78 is 0. The number of carbonyl (C=O) groups excluding carboxylic acids is 3. The van der Waals surface area contributed by atoms with E-state index in [-0.39, 0.29) is 88.9 Å². The van der Waals surface area contributed by atoms with Gasteiger partial charge in [-0.05, 0) is 136 Å². The molecule has 14 nitrogen and oxygen atoms in total. The number of aliphatic imine (C=N–C) groups is 3. The van der Waals surface area contributed by atoms with Gasteiger partial charge in [0.05, 0.1) is 19.6 Å². The van der Waals surface area contributed by atoms with E-state index in [1.54, 1.807) is 75.4 Å². The van der Waals surface area contributed by atoms with E-state index < -0.39 is 0 Å². The smallest absolute Gasteiger partial charge is 0.154 e. The molecular formula is C61H71N3O11. The van der Waals surface area contributed by atoms with E-state index in [0.29, 0.717) is 102 Å². The molecule has 0 bridgehead atoms. The Morgan fingerprint density at radius 3 is 1.21 bits per heavy atom. The molecule has 0 amide bonds. The van der Waals surface area contributed by atoms with Crippen molar-refractivity contribution in [2.24, 2.45) is 15.0 Å². The molecule has 0 saturated carbocycles. The molecule has 0 aliphatic rings. The number of phenols is 8. The maximum absolute atomic E-state index is 12.3. The van der Waals surface area contributed by atoms with Gasteiger partial charge in [-0.3, -0.25) is 29.4 Å². The molecule has 0 heterocycles. The minimum atomic E-state index is -0.0146. The molecular weight excluding hydrogens is 951 g/mol. The summed E-state index contributed by atoms with van der Waals surface area (Å²) in [6.45, 7) is 12.7. The Hall–Kier alpha value is -8.26. The Kier molecular flexibility index (Phi) is 23.3. The van der Waals surface area contributed by atoms with Gasteiger partial charge in [0, 0.05) is 69.8 Å². The molecule has 0 aliphatic heterocycles. The Bertz CT molecular complexity index is 3000. The van der Waals surface area contributed by atoms with Crippen LogP contribution in [0.3, 0.4) is 0 Å². The summed E-state index contributed by atoms with van der Waals surface area (Å²) in [5.41, 5.74) is 7.74. The van der Waals surface area contributed by atoms with Crippen molar-refractivity contribution in [3.63, 3.8) is 0 Å². The van der Waals surface area contributed by atoms with E-state index >= 15 is 0 Å². The molecule has 6 aromatic carbocycles. The molecule has 0 fully saturated rings. The third-order valence-electron chi connectivity index (χ3n) is 12.6. The SMILES string of the molecule is CCC(=NCC(=O)CC(C)c1cccc(O)c1)c1ccc(O)c(C)c1O.CCC(=NCC(=O)CCc1cccc(O)c1)c1ccc(O)c(C)c1O.CCC(=NCC(=O)CCc1ccccc1)c1ccc(O)c(C)c1O. The average molecular weight is 1020 g/mol. The number of hydrogen-bond donors (Lipinski definition) is 8. The van der Waals surface area contributed by atoms with Crippen molar-refractivity contribution < 1.29 is 55.2 Å². The van der Waals surface area contributed by atoms with E-state index in [1.807, 2.05) is 70.2 Å². The number of ketones is 3. The largest absolute Gasteiger partial charge is 0.508 e. The summed E-state index contributed by atoms with van der Waals surface area (Å²) in [7, 11) is 0. The van der Waals surface area contributed by atoms with Crippen molar-refractivity contribution >= 4 is 34.5 Å². The predicted octanol–water partition coefficient (Wildman–Crippen LogP) is 11.4. The van der Waals surface area contributed by atoms with Crippen molar-refractivity contribution in [3.05, 3.63) is 165 Å². The second kappa shape index (κ2) is 29.4. The fourth-order valence-electron chi connectivity index (χ4n) is 7.92. The first-order valence-electron chi connectivity index (χ1n) is 25.1. The first kappa shape index (κ1) is 59.3. The number of aryl methyl sites for hydroxylation is 2. The van der Waals surface area contributed by atoms with Gasteiger partial charge in [0.1, 0.15) is 46.0 Å². The zero-order valence-corrected chi connectivity index (χ0v) is 44.0. The highest BCUT2D eigenvalue weighted by Crippen LogP contribution is 2.33. The lowest BCUT2D eigenvalue weighted by Gasteiger charge is -2.12. The van der Waals surface area contributed by atoms with Gasteiger partial charge in [0.25, 0.3) is 0 Å². The second-order valence-electron chi connectivity index (χ2n) is 18.1. The number of carbonyl (C=O) groups is 3. The fraction of sp³-hybridized carbons (Fsp3) is 0.311. The van der Waals surface area contributed by atoms with Crippen LogP contribution in [0.2, 0.25) is 0 Å². The molecule has 14 heteroatoms. The van der Waals surface area contributed by atoms with Crippen LogP contribution >= 0.6 is 0 Å². The number of rotatable bonds is 21. The van der Waals surface area contributed by atoms with Gasteiger partial charge >= 0.3 is 0 Å². The minimum absolute atomic E-state index is 0.00666. The first-order valence-corrected chi connectivity index (χ1v) is 25.1. The van der Waals surface area contributed by atoms with Crippen molar-refractivity contribution in [2.75, 3.05) is 19.6 Å². The number of phenolic OH excluding ortho intramolecular Hbond substituents is 8. The molecule has 6 aromatic rings. The molecule has 0 aromatic heterocycles. The van der Waals surface area contributed by atoms with Crippen LogP contribution in [0.5, 0.6) is 46.0 Å². The van der Waals surface area contributed by atoms with Gasteiger partial charge < -0.3 is 40.9 Å². The molecule has 396 valence electrons. The summed E-state index contributed by atoms with van der Waals surface area (Å²) in [5.74, 6) is 0.513. The Morgan fingerprint density at radius 1 is 0.440 bits per heavy atom. The van der Waals surface area contributed by atoms with Crippen LogP contribution in [-0.2, 0) is 27.2 Å². The lowest BCUT2D eigenvalue weighted by molar-refractivity contribution is -0.118.